The van der Waals surface area contributed by atoms with Crippen LogP contribution in [0.2, 0.25) is 0 Å². The number of anilines is 1. The average Bonchev–Trinajstić information content (AvgIpc) is 2.86. The first-order valence-electron chi connectivity index (χ1n) is 9.99. The second-order valence-electron chi connectivity index (χ2n) is 6.96. The van der Waals surface area contributed by atoms with Crippen molar-refractivity contribution in [1.29, 1.82) is 0 Å². The molecule has 2 aromatic carbocycles. The smallest absolute Gasteiger partial charge is 0.203 e. The van der Waals surface area contributed by atoms with E-state index in [1.807, 2.05) is 24.3 Å². The van der Waals surface area contributed by atoms with E-state index in [2.05, 4.69) is 9.97 Å². The predicted octanol–water partition coefficient (Wildman–Crippen LogP) is 3.98. The highest BCUT2D eigenvalue weighted by Gasteiger charge is 2.22. The van der Waals surface area contributed by atoms with Crippen molar-refractivity contribution in [2.24, 2.45) is 0 Å². The highest BCUT2D eigenvalue weighted by Crippen LogP contribution is 2.47. The first kappa shape index (κ1) is 21.9. The Kier molecular flexibility index (Phi) is 6.03. The molecular weight excluding hydrogens is 424 g/mol. The fraction of sp³-hybridized carbons (Fsp3) is 0.208. The van der Waals surface area contributed by atoms with Crippen molar-refractivity contribution in [3.05, 3.63) is 42.7 Å². The van der Waals surface area contributed by atoms with Gasteiger partial charge < -0.3 is 29.4 Å². The Bertz CT molecular complexity index is 1330. The van der Waals surface area contributed by atoms with Crippen LogP contribution in [0.3, 0.4) is 0 Å². The van der Waals surface area contributed by atoms with Crippen molar-refractivity contribution in [3.8, 4) is 51.1 Å². The van der Waals surface area contributed by atoms with Crippen LogP contribution >= 0.6 is 0 Å². The number of nitrogen functional groups attached to an aromatic ring is 1. The maximum atomic E-state index is 6.27. The van der Waals surface area contributed by atoms with E-state index in [9.17, 15) is 0 Å². The molecule has 0 aliphatic heterocycles. The first-order valence-corrected chi connectivity index (χ1v) is 9.99. The number of hydrogen-bond acceptors (Lipinski definition) is 9. The van der Waals surface area contributed by atoms with Crippen LogP contribution in [0.25, 0.3) is 33.4 Å². The van der Waals surface area contributed by atoms with Gasteiger partial charge in [0, 0.05) is 22.8 Å². The molecule has 0 fully saturated rings. The van der Waals surface area contributed by atoms with Crippen LogP contribution in [0.4, 0.5) is 5.82 Å². The third-order valence-electron chi connectivity index (χ3n) is 5.31. The van der Waals surface area contributed by atoms with Gasteiger partial charge in [-0.3, -0.25) is 0 Å². The Morgan fingerprint density at radius 1 is 0.667 bits per heavy atom. The fourth-order valence-electron chi connectivity index (χ4n) is 3.76. The maximum Gasteiger partial charge on any atom is 0.203 e. The van der Waals surface area contributed by atoms with Gasteiger partial charge in [-0.05, 0) is 30.3 Å². The molecule has 0 aliphatic carbocycles. The van der Waals surface area contributed by atoms with Gasteiger partial charge in [0.25, 0.3) is 0 Å². The lowest BCUT2D eigenvalue weighted by Gasteiger charge is -2.18. The summed E-state index contributed by atoms with van der Waals surface area (Å²) in [6, 6.07) is 11.1. The molecular formula is C24H24N4O5. The molecule has 0 amide bonds. The van der Waals surface area contributed by atoms with Crippen LogP contribution in [0.5, 0.6) is 28.7 Å². The maximum absolute atomic E-state index is 6.27. The quantitative estimate of drug-likeness (QED) is 0.449. The number of ether oxygens (including phenoxy) is 5. The molecule has 4 aromatic rings. The predicted molar refractivity (Wildman–Crippen MR) is 125 cm³/mol. The second-order valence-corrected chi connectivity index (χ2v) is 6.96. The van der Waals surface area contributed by atoms with E-state index in [-0.39, 0.29) is 0 Å². The van der Waals surface area contributed by atoms with E-state index in [4.69, 9.17) is 34.4 Å². The molecule has 0 saturated carbocycles. The summed E-state index contributed by atoms with van der Waals surface area (Å²) in [6.45, 7) is 0. The van der Waals surface area contributed by atoms with Gasteiger partial charge in [-0.15, -0.1) is 0 Å². The van der Waals surface area contributed by atoms with Crippen molar-refractivity contribution >= 4 is 16.9 Å². The Morgan fingerprint density at radius 2 is 1.39 bits per heavy atom. The number of fused-ring (bicyclic) bond motifs is 1. The van der Waals surface area contributed by atoms with Crippen LogP contribution < -0.4 is 29.4 Å². The highest BCUT2D eigenvalue weighted by molar-refractivity contribution is 6.02. The summed E-state index contributed by atoms with van der Waals surface area (Å²) in [5, 5.41) is 0.597. The van der Waals surface area contributed by atoms with Gasteiger partial charge in [0.15, 0.2) is 17.1 Å². The topological polar surface area (TPSA) is 111 Å². The van der Waals surface area contributed by atoms with Crippen molar-refractivity contribution in [2.45, 2.75) is 0 Å². The molecule has 0 atom stereocenters. The van der Waals surface area contributed by atoms with Crippen molar-refractivity contribution in [2.75, 3.05) is 41.3 Å². The van der Waals surface area contributed by atoms with Crippen LogP contribution in [-0.2, 0) is 0 Å². The molecule has 2 heterocycles. The first-order chi connectivity index (χ1) is 16.1. The summed E-state index contributed by atoms with van der Waals surface area (Å²) in [6.07, 6.45) is 1.38. The molecule has 0 unspecified atom stereocenters. The number of methoxy groups -OCH3 is 5. The number of nitrogens with zero attached hydrogens (tertiary/aromatic N) is 3. The molecule has 2 aromatic heterocycles. The molecule has 0 saturated heterocycles. The molecule has 0 radical (unpaired) electrons. The summed E-state index contributed by atoms with van der Waals surface area (Å²) in [5.74, 6) is 3.06. The molecule has 4 rings (SSSR count). The molecule has 0 spiro atoms. The number of rotatable bonds is 7. The van der Waals surface area contributed by atoms with Crippen LogP contribution in [-0.4, -0.2) is 50.5 Å². The summed E-state index contributed by atoms with van der Waals surface area (Å²) in [5.41, 5.74) is 9.54. The fourth-order valence-corrected chi connectivity index (χ4v) is 3.76. The lowest BCUT2D eigenvalue weighted by atomic mass is 9.98. The van der Waals surface area contributed by atoms with Crippen LogP contribution in [0, 0.1) is 0 Å². The molecule has 0 bridgehead atoms. The Balaban J connectivity index is 2.07. The Morgan fingerprint density at radius 3 is 2.06 bits per heavy atom. The zero-order valence-electron chi connectivity index (χ0n) is 19.0. The van der Waals surface area contributed by atoms with Gasteiger partial charge in [-0.25, -0.2) is 15.0 Å². The SMILES string of the molecule is COc1ccc(-c2cc(-c3ccc(OC)c(OC)c3OC)c3c(N)ncnc3n2)c(OC)c1. The van der Waals surface area contributed by atoms with E-state index < -0.39 is 0 Å². The van der Waals surface area contributed by atoms with E-state index >= 15 is 0 Å². The molecule has 33 heavy (non-hydrogen) atoms. The van der Waals surface area contributed by atoms with Crippen LogP contribution in [0.15, 0.2) is 42.7 Å². The molecule has 0 aliphatic rings. The number of nitrogens with two attached hydrogens (primary N) is 1. The minimum atomic E-state index is 0.299. The van der Waals surface area contributed by atoms with Gasteiger partial charge in [-0.1, -0.05) is 0 Å². The zero-order valence-corrected chi connectivity index (χ0v) is 19.0. The lowest BCUT2D eigenvalue weighted by Crippen LogP contribution is -2.01. The van der Waals surface area contributed by atoms with Gasteiger partial charge in [0.05, 0.1) is 46.6 Å². The number of aromatic nitrogens is 3. The minimum Gasteiger partial charge on any atom is -0.497 e. The monoisotopic (exact) mass is 448 g/mol. The number of benzene rings is 2. The van der Waals surface area contributed by atoms with E-state index in [1.165, 1.54) is 6.33 Å². The highest BCUT2D eigenvalue weighted by atomic mass is 16.5. The number of hydrogen-bond donors (Lipinski definition) is 1. The van der Waals surface area contributed by atoms with Gasteiger partial charge in [0.2, 0.25) is 5.75 Å². The van der Waals surface area contributed by atoms with Crippen molar-refractivity contribution in [3.63, 3.8) is 0 Å². The van der Waals surface area contributed by atoms with Gasteiger partial charge in [0.1, 0.15) is 23.6 Å². The van der Waals surface area contributed by atoms with Crippen molar-refractivity contribution in [1.82, 2.24) is 15.0 Å². The minimum absolute atomic E-state index is 0.299. The molecule has 9 nitrogen and oxygen atoms in total. The van der Waals surface area contributed by atoms with E-state index in [1.54, 1.807) is 47.7 Å². The average molecular weight is 448 g/mol. The normalized spacial score (nSPS) is 10.7. The summed E-state index contributed by atoms with van der Waals surface area (Å²) in [7, 11) is 7.89. The van der Waals surface area contributed by atoms with Gasteiger partial charge >= 0.3 is 0 Å². The third kappa shape index (κ3) is 3.78. The van der Waals surface area contributed by atoms with E-state index in [0.29, 0.717) is 51.3 Å². The lowest BCUT2D eigenvalue weighted by molar-refractivity contribution is 0.325. The largest absolute Gasteiger partial charge is 0.497 e. The Labute approximate surface area is 191 Å². The second kappa shape index (κ2) is 9.07. The third-order valence-corrected chi connectivity index (χ3v) is 5.31. The van der Waals surface area contributed by atoms with Gasteiger partial charge in [-0.2, -0.15) is 0 Å². The summed E-state index contributed by atoms with van der Waals surface area (Å²) < 4.78 is 27.7. The summed E-state index contributed by atoms with van der Waals surface area (Å²) >= 11 is 0. The summed E-state index contributed by atoms with van der Waals surface area (Å²) in [4.78, 5) is 13.3. The molecule has 170 valence electrons. The van der Waals surface area contributed by atoms with E-state index in [0.717, 1.165) is 16.7 Å². The standard InChI is InChI=1S/C24H24N4O5/c1-29-13-6-7-15(19(10-13)31-3)17-11-16(20-23(25)26-12-27-24(20)28-17)14-8-9-18(30-2)22(33-5)21(14)32-4/h6-12H,1-5H3,(H2,25,26,27,28). The van der Waals surface area contributed by atoms with Crippen LogP contribution in [0.1, 0.15) is 0 Å². The zero-order chi connectivity index (χ0) is 23.5. The van der Waals surface area contributed by atoms with Crippen molar-refractivity contribution < 1.29 is 23.7 Å². The molecule has 2 N–H and O–H groups in total. The molecule has 9 heteroatoms. The Hall–Kier alpha value is -4.27. The number of pyridine rings is 1.